The molecule has 1 nitrogen and oxygen atoms in total. The molecule has 56 heavy (non-hydrogen) atoms. The highest BCUT2D eigenvalue weighted by Gasteiger charge is 2.37. The molecular weight excluding hydrogens is 675 g/mol. The summed E-state index contributed by atoms with van der Waals surface area (Å²) in [5.74, 6) is 0. The molecule has 1 heteroatoms. The van der Waals surface area contributed by atoms with Gasteiger partial charge >= 0.3 is 0 Å². The number of benzene rings is 8. The summed E-state index contributed by atoms with van der Waals surface area (Å²) in [7, 11) is 0. The molecule has 0 amide bonds. The topological polar surface area (TPSA) is 3.24 Å². The molecule has 8 aromatic carbocycles. The Morgan fingerprint density at radius 1 is 0.375 bits per heavy atom. The number of rotatable bonds is 5. The maximum atomic E-state index is 2.49. The Balaban J connectivity index is 1.18. The predicted octanol–water partition coefficient (Wildman–Crippen LogP) is 15.7. The summed E-state index contributed by atoms with van der Waals surface area (Å²) in [6.07, 6.45) is 0. The van der Waals surface area contributed by atoms with Gasteiger partial charge in [0.2, 0.25) is 0 Å². The molecule has 0 N–H and O–H groups in total. The van der Waals surface area contributed by atoms with E-state index in [9.17, 15) is 0 Å². The zero-order chi connectivity index (χ0) is 39.0. The van der Waals surface area contributed by atoms with Crippen molar-refractivity contribution in [1.29, 1.82) is 0 Å². The van der Waals surface area contributed by atoms with Gasteiger partial charge < -0.3 is 4.90 Å². The fourth-order valence-corrected chi connectivity index (χ4v) is 9.04. The van der Waals surface area contributed by atoms with Crippen molar-refractivity contribution in [1.82, 2.24) is 0 Å². The molecule has 0 radical (unpaired) electrons. The van der Waals surface area contributed by atoms with E-state index in [1.807, 2.05) is 0 Å². The van der Waals surface area contributed by atoms with E-state index in [2.05, 4.69) is 224 Å². The second kappa shape index (κ2) is 13.1. The molecule has 0 fully saturated rings. The van der Waals surface area contributed by atoms with E-state index in [0.29, 0.717) is 0 Å². The van der Waals surface area contributed by atoms with Gasteiger partial charge in [0.15, 0.2) is 0 Å². The number of hydrogen-bond donors (Lipinski definition) is 0. The molecule has 9 rings (SSSR count). The molecule has 1 aliphatic carbocycles. The first-order valence-corrected chi connectivity index (χ1v) is 20.1. The highest BCUT2D eigenvalue weighted by atomic mass is 15.1. The van der Waals surface area contributed by atoms with Gasteiger partial charge in [0.1, 0.15) is 0 Å². The fourth-order valence-electron chi connectivity index (χ4n) is 9.04. The molecule has 8 aromatic rings. The second-order valence-corrected chi connectivity index (χ2v) is 18.3. The summed E-state index contributed by atoms with van der Waals surface area (Å²) in [6, 6.07) is 61.4. The number of hydrogen-bond acceptors (Lipinski definition) is 1. The molecule has 0 heterocycles. The van der Waals surface area contributed by atoms with Crippen LogP contribution < -0.4 is 4.90 Å². The minimum absolute atomic E-state index is 0.0858. The third-order valence-electron chi connectivity index (χ3n) is 12.2. The largest absolute Gasteiger partial charge is 0.310 e. The Kier molecular flexibility index (Phi) is 8.36. The molecule has 0 aromatic heterocycles. The van der Waals surface area contributed by atoms with Crippen molar-refractivity contribution in [3.63, 3.8) is 0 Å². The van der Waals surface area contributed by atoms with Crippen LogP contribution in [0.15, 0.2) is 164 Å². The van der Waals surface area contributed by atoms with Gasteiger partial charge in [0.05, 0.1) is 0 Å². The number of nitrogens with zero attached hydrogens (tertiary/aromatic N) is 1. The quantitative estimate of drug-likeness (QED) is 0.160. The van der Waals surface area contributed by atoms with E-state index in [0.717, 1.165) is 11.4 Å². The van der Waals surface area contributed by atoms with E-state index < -0.39 is 0 Å². The average Bonchev–Trinajstić information content (AvgIpc) is 3.42. The number of fused-ring (bicyclic) bond motifs is 5. The highest BCUT2D eigenvalue weighted by molar-refractivity contribution is 6.21. The van der Waals surface area contributed by atoms with Crippen LogP contribution in [0.1, 0.15) is 77.6 Å². The van der Waals surface area contributed by atoms with Gasteiger partial charge in [-0.25, -0.2) is 0 Å². The van der Waals surface area contributed by atoms with Gasteiger partial charge in [-0.05, 0) is 130 Å². The van der Waals surface area contributed by atoms with Gasteiger partial charge in [0, 0.05) is 22.5 Å². The Bertz CT molecular complexity index is 2640. The van der Waals surface area contributed by atoms with Gasteiger partial charge in [-0.3, -0.25) is 0 Å². The maximum Gasteiger partial charge on any atom is 0.0465 e. The Morgan fingerprint density at radius 3 is 1.23 bits per heavy atom. The van der Waals surface area contributed by atoms with Crippen LogP contribution in [0.4, 0.5) is 17.1 Å². The highest BCUT2D eigenvalue weighted by Crippen LogP contribution is 2.53. The first kappa shape index (κ1) is 35.8. The van der Waals surface area contributed by atoms with Crippen molar-refractivity contribution in [3.05, 3.63) is 186 Å². The van der Waals surface area contributed by atoms with Crippen LogP contribution in [-0.4, -0.2) is 0 Å². The summed E-state index contributed by atoms with van der Waals surface area (Å²) >= 11 is 0. The zero-order valence-electron chi connectivity index (χ0n) is 34.0. The van der Waals surface area contributed by atoms with Crippen LogP contribution >= 0.6 is 0 Å². The summed E-state index contributed by atoms with van der Waals surface area (Å²) in [5.41, 5.74) is 16.6. The first-order valence-electron chi connectivity index (χ1n) is 20.1. The van der Waals surface area contributed by atoms with E-state index >= 15 is 0 Å². The minimum Gasteiger partial charge on any atom is -0.310 e. The SMILES string of the molecule is CC(C)(C)c1ccc(N(c2ccc(C(C)(C)C)cc2)c2ccc3c(c2)C(C)(C)c2cc(-c4c5ccccc5c(-c5ccccc5)c5ccccc45)ccc2-3)cc1. The summed E-state index contributed by atoms with van der Waals surface area (Å²) in [6.45, 7) is 18.5. The molecule has 0 spiro atoms. The predicted molar refractivity (Wildman–Crippen MR) is 242 cm³/mol. The Labute approximate surface area is 333 Å². The normalized spacial score (nSPS) is 13.5. The molecular formula is C55H51N. The molecule has 1 aliphatic rings. The van der Waals surface area contributed by atoms with Crippen LogP contribution in [0.3, 0.4) is 0 Å². The maximum absolute atomic E-state index is 2.49. The van der Waals surface area contributed by atoms with Crippen LogP contribution in [-0.2, 0) is 16.2 Å². The van der Waals surface area contributed by atoms with Crippen molar-refractivity contribution in [2.45, 2.75) is 71.6 Å². The molecule has 0 aliphatic heterocycles. The second-order valence-electron chi connectivity index (χ2n) is 18.3. The van der Waals surface area contributed by atoms with Gasteiger partial charge in [-0.15, -0.1) is 0 Å². The summed E-state index contributed by atoms with van der Waals surface area (Å²) in [4.78, 5) is 2.43. The third kappa shape index (κ3) is 5.93. The van der Waals surface area contributed by atoms with Crippen LogP contribution in [0, 0.1) is 0 Å². The van der Waals surface area contributed by atoms with Gasteiger partial charge in [-0.1, -0.05) is 177 Å². The minimum atomic E-state index is -0.204. The van der Waals surface area contributed by atoms with Crippen molar-refractivity contribution in [3.8, 4) is 33.4 Å². The fraction of sp³-hybridized carbons (Fsp3) is 0.200. The molecule has 0 atom stereocenters. The van der Waals surface area contributed by atoms with Gasteiger partial charge in [-0.2, -0.15) is 0 Å². The first-order chi connectivity index (χ1) is 26.8. The van der Waals surface area contributed by atoms with Crippen LogP contribution in [0.25, 0.3) is 54.9 Å². The smallest absolute Gasteiger partial charge is 0.0465 e. The summed E-state index contributed by atoms with van der Waals surface area (Å²) < 4.78 is 0. The lowest BCUT2D eigenvalue weighted by molar-refractivity contribution is 0.590. The molecule has 0 unspecified atom stereocenters. The standard InChI is InChI=1S/C55H51N/c1-53(2,3)38-23-27-40(28-24-38)56(41-29-25-39(26-30-41)54(4,5)6)42-31-33-44-43-32-22-37(34-49(43)55(7,8)50(44)35-42)52-47-20-14-12-18-45(47)51(36-16-10-9-11-17-36)46-19-13-15-21-48(46)52/h9-35H,1-8H3. The van der Waals surface area contributed by atoms with Crippen LogP contribution in [0.2, 0.25) is 0 Å². The van der Waals surface area contributed by atoms with Crippen molar-refractivity contribution >= 4 is 38.6 Å². The van der Waals surface area contributed by atoms with Crippen molar-refractivity contribution in [2.24, 2.45) is 0 Å². The lowest BCUT2D eigenvalue weighted by Crippen LogP contribution is -2.17. The average molecular weight is 726 g/mol. The lowest BCUT2D eigenvalue weighted by Gasteiger charge is -2.29. The lowest BCUT2D eigenvalue weighted by atomic mass is 9.80. The molecule has 0 bridgehead atoms. The Hall–Kier alpha value is -5.92. The van der Waals surface area contributed by atoms with Crippen molar-refractivity contribution in [2.75, 3.05) is 4.90 Å². The third-order valence-corrected chi connectivity index (χ3v) is 12.2. The Morgan fingerprint density at radius 2 is 0.768 bits per heavy atom. The van der Waals surface area contributed by atoms with Crippen LogP contribution in [0.5, 0.6) is 0 Å². The van der Waals surface area contributed by atoms with Gasteiger partial charge in [0.25, 0.3) is 0 Å². The number of anilines is 3. The molecule has 276 valence electrons. The van der Waals surface area contributed by atoms with E-state index in [1.54, 1.807) is 0 Å². The molecule has 0 saturated heterocycles. The molecule has 0 saturated carbocycles. The summed E-state index contributed by atoms with van der Waals surface area (Å²) in [5, 5.41) is 5.13. The zero-order valence-corrected chi connectivity index (χ0v) is 34.0. The monoisotopic (exact) mass is 725 g/mol. The van der Waals surface area contributed by atoms with Crippen molar-refractivity contribution < 1.29 is 0 Å². The van der Waals surface area contributed by atoms with E-state index in [1.165, 1.54) is 82.9 Å². The van der Waals surface area contributed by atoms with E-state index in [4.69, 9.17) is 0 Å². The van der Waals surface area contributed by atoms with E-state index in [-0.39, 0.29) is 16.2 Å².